The molecule has 1 rings (SSSR count). The van der Waals surface area contributed by atoms with Crippen molar-refractivity contribution in [2.24, 2.45) is 5.73 Å². The van der Waals surface area contributed by atoms with Crippen LogP contribution in [0.1, 0.15) is 23.6 Å². The quantitative estimate of drug-likeness (QED) is 0.833. The molecule has 1 nitrogen and oxygen atoms in total. The minimum absolute atomic E-state index is 0.0574. The fraction of sp³-hybridized carbons (Fsp3) is 0.500. The van der Waals surface area contributed by atoms with Gasteiger partial charge in [-0.05, 0) is 37.5 Å². The molecule has 1 aromatic rings. The van der Waals surface area contributed by atoms with Crippen molar-refractivity contribution in [3.63, 3.8) is 0 Å². The van der Waals surface area contributed by atoms with E-state index in [1.165, 1.54) is 19.1 Å². The predicted octanol–water partition coefficient (Wildman–Crippen LogP) is 3.54. The molecule has 0 saturated heterocycles. The first-order chi connectivity index (χ1) is 8.04. The van der Waals surface area contributed by atoms with E-state index in [1.807, 2.05) is 0 Å². The Labute approximate surface area is 102 Å². The molecule has 0 aliphatic rings. The van der Waals surface area contributed by atoms with Crippen LogP contribution in [0.2, 0.25) is 0 Å². The van der Waals surface area contributed by atoms with Crippen LogP contribution in [0.3, 0.4) is 0 Å². The molecule has 0 radical (unpaired) electrons. The smallest absolute Gasteiger partial charge is 0.320 e. The van der Waals surface area contributed by atoms with Crippen LogP contribution < -0.4 is 5.73 Å². The molecule has 6 heteroatoms. The number of benzene rings is 1. The summed E-state index contributed by atoms with van der Waals surface area (Å²) < 4.78 is 63.1. The number of alkyl halides is 5. The van der Waals surface area contributed by atoms with E-state index in [0.29, 0.717) is 0 Å². The number of halogens is 5. The molecule has 2 N–H and O–H groups in total. The fourth-order valence-electron chi connectivity index (χ4n) is 1.60. The van der Waals surface area contributed by atoms with Gasteiger partial charge < -0.3 is 5.73 Å². The van der Waals surface area contributed by atoms with Crippen LogP contribution in [0, 0.1) is 6.92 Å². The summed E-state index contributed by atoms with van der Waals surface area (Å²) >= 11 is 0. The lowest BCUT2D eigenvalue weighted by atomic mass is 9.92. The van der Waals surface area contributed by atoms with E-state index in [9.17, 15) is 22.0 Å². The first-order valence-corrected chi connectivity index (χ1v) is 5.28. The molecule has 1 unspecified atom stereocenters. The van der Waals surface area contributed by atoms with E-state index in [0.717, 1.165) is 13.0 Å². The summed E-state index contributed by atoms with van der Waals surface area (Å²) in [6.45, 7) is 2.44. The van der Waals surface area contributed by atoms with Gasteiger partial charge in [-0.2, -0.15) is 13.2 Å². The minimum atomic E-state index is -4.49. The minimum Gasteiger partial charge on any atom is -0.320 e. The lowest BCUT2D eigenvalue weighted by molar-refractivity contribution is -0.138. The third kappa shape index (κ3) is 3.41. The number of hydrogen-bond acceptors (Lipinski definition) is 1. The van der Waals surface area contributed by atoms with Crippen molar-refractivity contribution in [3.05, 3.63) is 34.9 Å². The van der Waals surface area contributed by atoms with Crippen molar-refractivity contribution in [2.45, 2.75) is 38.4 Å². The third-order valence-electron chi connectivity index (χ3n) is 2.69. The summed E-state index contributed by atoms with van der Waals surface area (Å²) in [6, 6.07) is 3.53. The summed E-state index contributed by atoms with van der Waals surface area (Å²) in [5.41, 5.74) is 2.92. The van der Waals surface area contributed by atoms with Crippen LogP contribution in [-0.2, 0) is 12.6 Å². The van der Waals surface area contributed by atoms with Crippen LogP contribution in [0.5, 0.6) is 0 Å². The summed E-state index contributed by atoms with van der Waals surface area (Å²) in [5.74, 6) is 0. The second-order valence-electron chi connectivity index (χ2n) is 4.63. The molecule has 0 amide bonds. The lowest BCUT2D eigenvalue weighted by Gasteiger charge is -2.24. The van der Waals surface area contributed by atoms with Crippen molar-refractivity contribution >= 4 is 0 Å². The van der Waals surface area contributed by atoms with Gasteiger partial charge in [-0.1, -0.05) is 12.1 Å². The number of rotatable bonds is 3. The maximum Gasteiger partial charge on any atom is 0.416 e. The summed E-state index contributed by atoms with van der Waals surface area (Å²) in [4.78, 5) is 0. The van der Waals surface area contributed by atoms with Gasteiger partial charge in [-0.25, -0.2) is 8.78 Å². The van der Waals surface area contributed by atoms with Crippen LogP contribution in [0.25, 0.3) is 0 Å². The Morgan fingerprint density at radius 3 is 2.22 bits per heavy atom. The van der Waals surface area contributed by atoms with Gasteiger partial charge in [-0.15, -0.1) is 0 Å². The highest BCUT2D eigenvalue weighted by molar-refractivity contribution is 5.34. The normalized spacial score (nSPS) is 15.8. The van der Waals surface area contributed by atoms with Gasteiger partial charge in [0.05, 0.1) is 11.1 Å². The van der Waals surface area contributed by atoms with Crippen molar-refractivity contribution < 1.29 is 22.0 Å². The van der Waals surface area contributed by atoms with E-state index in [-0.39, 0.29) is 17.5 Å². The Bertz CT molecular complexity index is 423. The molecule has 0 aromatic heterocycles. The van der Waals surface area contributed by atoms with Gasteiger partial charge in [0, 0.05) is 0 Å². The van der Waals surface area contributed by atoms with Gasteiger partial charge in [0.25, 0.3) is 6.43 Å². The molecule has 0 bridgehead atoms. The first kappa shape index (κ1) is 14.9. The monoisotopic (exact) mass is 267 g/mol. The topological polar surface area (TPSA) is 26.0 Å². The highest BCUT2D eigenvalue weighted by Crippen LogP contribution is 2.33. The first-order valence-electron chi connectivity index (χ1n) is 5.28. The zero-order valence-electron chi connectivity index (χ0n) is 9.98. The SMILES string of the molecule is Cc1ccc(CC(C)(N)C(F)F)cc1C(F)(F)F. The Morgan fingerprint density at radius 2 is 1.78 bits per heavy atom. The predicted molar refractivity (Wildman–Crippen MR) is 58.5 cm³/mol. The summed E-state index contributed by atoms with van der Waals surface area (Å²) in [5, 5.41) is 0. The van der Waals surface area contributed by atoms with E-state index in [4.69, 9.17) is 5.73 Å². The fourth-order valence-corrected chi connectivity index (χ4v) is 1.60. The summed E-state index contributed by atoms with van der Waals surface area (Å²) in [6.07, 6.45) is -7.60. The van der Waals surface area contributed by atoms with Gasteiger partial charge in [0.1, 0.15) is 0 Å². The molecule has 0 heterocycles. The Hall–Kier alpha value is -1.17. The Balaban J connectivity index is 3.07. The molecule has 0 saturated carbocycles. The average Bonchev–Trinajstić information content (AvgIpc) is 2.18. The molecule has 18 heavy (non-hydrogen) atoms. The number of hydrogen-bond donors (Lipinski definition) is 1. The van der Waals surface area contributed by atoms with Crippen LogP contribution in [0.15, 0.2) is 18.2 Å². The van der Waals surface area contributed by atoms with Gasteiger partial charge in [-0.3, -0.25) is 0 Å². The molecule has 1 atom stereocenters. The highest BCUT2D eigenvalue weighted by atomic mass is 19.4. The van der Waals surface area contributed by atoms with Gasteiger partial charge in [0.15, 0.2) is 0 Å². The molecule has 1 aromatic carbocycles. The van der Waals surface area contributed by atoms with Crippen molar-refractivity contribution in [1.29, 1.82) is 0 Å². The molecular weight excluding hydrogens is 253 g/mol. The van der Waals surface area contributed by atoms with E-state index in [1.54, 1.807) is 0 Å². The molecule has 102 valence electrons. The Kier molecular flexibility index (Phi) is 4.00. The zero-order chi connectivity index (χ0) is 14.1. The summed E-state index contributed by atoms with van der Waals surface area (Å²) in [7, 11) is 0. The second kappa shape index (κ2) is 4.84. The molecule has 0 fully saturated rings. The molecule has 0 aliphatic heterocycles. The molecular formula is C12H14F5N. The van der Waals surface area contributed by atoms with Gasteiger partial charge >= 0.3 is 6.18 Å². The van der Waals surface area contributed by atoms with Crippen LogP contribution in [-0.4, -0.2) is 12.0 Å². The number of aryl methyl sites for hydroxylation is 1. The lowest BCUT2D eigenvalue weighted by Crippen LogP contribution is -2.45. The molecule has 0 aliphatic carbocycles. The highest BCUT2D eigenvalue weighted by Gasteiger charge is 2.34. The average molecular weight is 267 g/mol. The Morgan fingerprint density at radius 1 is 1.22 bits per heavy atom. The van der Waals surface area contributed by atoms with Crippen molar-refractivity contribution in [1.82, 2.24) is 0 Å². The van der Waals surface area contributed by atoms with Crippen LogP contribution in [0.4, 0.5) is 22.0 Å². The maximum absolute atomic E-state index is 12.6. The standard InChI is InChI=1S/C12H14F5N/c1-7-3-4-8(5-9(7)12(15,16)17)6-11(2,18)10(13)14/h3-5,10H,6,18H2,1-2H3. The maximum atomic E-state index is 12.6. The zero-order valence-corrected chi connectivity index (χ0v) is 9.98. The van der Waals surface area contributed by atoms with Gasteiger partial charge in [0.2, 0.25) is 0 Å². The van der Waals surface area contributed by atoms with Crippen molar-refractivity contribution in [3.8, 4) is 0 Å². The number of nitrogens with two attached hydrogens (primary N) is 1. The largest absolute Gasteiger partial charge is 0.416 e. The molecule has 0 spiro atoms. The van der Waals surface area contributed by atoms with Crippen molar-refractivity contribution in [2.75, 3.05) is 0 Å². The second-order valence-corrected chi connectivity index (χ2v) is 4.63. The van der Waals surface area contributed by atoms with E-state index < -0.39 is 23.7 Å². The van der Waals surface area contributed by atoms with Crippen LogP contribution >= 0.6 is 0 Å². The third-order valence-corrected chi connectivity index (χ3v) is 2.69. The van der Waals surface area contributed by atoms with E-state index in [2.05, 4.69) is 0 Å². The van der Waals surface area contributed by atoms with E-state index >= 15 is 0 Å².